The normalized spacial score (nSPS) is 14.7. The molecule has 0 saturated carbocycles. The molecule has 1 aliphatic rings. The second-order valence-electron chi connectivity index (χ2n) is 10.1. The SMILES string of the molecule is CCOC(=O)C1=C(C)N=c2s/c(=C/c3ccc(Sc4nc(C)cc(=O)[nH]4)c([N+](=O)[O-])c3)c(=O)n2[C@H]1c1ccc(N(C)C)cc1. The van der Waals surface area contributed by atoms with Gasteiger partial charge in [-0.1, -0.05) is 29.5 Å². The van der Waals surface area contributed by atoms with Crippen molar-refractivity contribution in [2.24, 2.45) is 4.99 Å². The third kappa shape index (κ3) is 6.12. The number of nitrogens with zero attached hydrogens (tertiary/aromatic N) is 5. The average Bonchev–Trinajstić information content (AvgIpc) is 3.26. The Balaban J connectivity index is 1.62. The van der Waals surface area contributed by atoms with Crippen LogP contribution in [-0.2, 0) is 9.53 Å². The van der Waals surface area contributed by atoms with Crippen molar-refractivity contribution >= 4 is 46.5 Å². The molecule has 1 N–H and O–H groups in total. The summed E-state index contributed by atoms with van der Waals surface area (Å²) in [6, 6.07) is 12.7. The summed E-state index contributed by atoms with van der Waals surface area (Å²) in [4.78, 5) is 64.4. The molecule has 0 aliphatic carbocycles. The van der Waals surface area contributed by atoms with E-state index in [1.807, 2.05) is 43.3 Å². The van der Waals surface area contributed by atoms with Gasteiger partial charge in [0.25, 0.3) is 16.8 Å². The van der Waals surface area contributed by atoms with Gasteiger partial charge in [0.2, 0.25) is 0 Å². The summed E-state index contributed by atoms with van der Waals surface area (Å²) in [6.07, 6.45) is 1.56. The maximum absolute atomic E-state index is 13.9. The number of carbonyl (C=O) groups is 1. The number of H-pyrrole nitrogens is 1. The highest BCUT2D eigenvalue weighted by Crippen LogP contribution is 2.34. The van der Waals surface area contributed by atoms with E-state index in [0.717, 1.165) is 28.8 Å². The zero-order chi connectivity index (χ0) is 31.7. The van der Waals surface area contributed by atoms with E-state index in [2.05, 4.69) is 15.0 Å². The summed E-state index contributed by atoms with van der Waals surface area (Å²) in [6.45, 7) is 5.24. The maximum Gasteiger partial charge on any atom is 0.338 e. The van der Waals surface area contributed by atoms with Gasteiger partial charge in [0.05, 0.1) is 38.3 Å². The van der Waals surface area contributed by atoms with Crippen molar-refractivity contribution in [3.8, 4) is 0 Å². The highest BCUT2D eigenvalue weighted by molar-refractivity contribution is 7.99. The number of esters is 1. The first-order valence-corrected chi connectivity index (χ1v) is 15.1. The molecule has 14 heteroatoms. The topological polar surface area (TPSA) is 153 Å². The number of fused-ring (bicyclic) bond motifs is 1. The summed E-state index contributed by atoms with van der Waals surface area (Å²) in [7, 11) is 3.84. The largest absolute Gasteiger partial charge is 0.463 e. The number of hydrogen-bond donors (Lipinski definition) is 1. The molecular weight excluding hydrogens is 605 g/mol. The van der Waals surface area contributed by atoms with Crippen molar-refractivity contribution in [1.29, 1.82) is 0 Å². The number of aryl methyl sites for hydroxylation is 1. The average molecular weight is 633 g/mol. The molecule has 0 amide bonds. The van der Waals surface area contributed by atoms with Crippen LogP contribution < -0.4 is 25.4 Å². The van der Waals surface area contributed by atoms with Gasteiger partial charge in [-0.25, -0.2) is 14.8 Å². The van der Waals surface area contributed by atoms with Crippen LogP contribution >= 0.6 is 23.1 Å². The Morgan fingerprint density at radius 3 is 2.55 bits per heavy atom. The van der Waals surface area contributed by atoms with E-state index in [1.165, 1.54) is 16.7 Å². The zero-order valence-corrected chi connectivity index (χ0v) is 26.1. The van der Waals surface area contributed by atoms with Gasteiger partial charge < -0.3 is 14.6 Å². The number of aromatic nitrogens is 3. The number of nitro benzene ring substituents is 1. The lowest BCUT2D eigenvalue weighted by Gasteiger charge is -2.25. The van der Waals surface area contributed by atoms with E-state index in [-0.39, 0.29) is 38.0 Å². The van der Waals surface area contributed by atoms with Gasteiger partial charge in [-0.2, -0.15) is 0 Å². The van der Waals surface area contributed by atoms with E-state index in [4.69, 9.17) is 4.74 Å². The van der Waals surface area contributed by atoms with E-state index >= 15 is 0 Å². The van der Waals surface area contributed by atoms with Crippen molar-refractivity contribution < 1.29 is 14.5 Å². The maximum atomic E-state index is 13.9. The molecule has 0 radical (unpaired) electrons. The van der Waals surface area contributed by atoms with Crippen LogP contribution in [0.15, 0.2) is 84.4 Å². The minimum Gasteiger partial charge on any atom is -0.463 e. The van der Waals surface area contributed by atoms with E-state index in [9.17, 15) is 24.5 Å². The van der Waals surface area contributed by atoms with Crippen molar-refractivity contribution in [3.63, 3.8) is 0 Å². The number of rotatable bonds is 8. The van der Waals surface area contributed by atoms with Crippen molar-refractivity contribution in [3.05, 3.63) is 117 Å². The molecule has 1 aliphatic heterocycles. The van der Waals surface area contributed by atoms with Crippen molar-refractivity contribution in [2.45, 2.75) is 36.9 Å². The van der Waals surface area contributed by atoms with Crippen LogP contribution in [0.1, 0.15) is 36.7 Å². The van der Waals surface area contributed by atoms with Gasteiger partial charge in [0, 0.05) is 37.6 Å². The third-order valence-corrected chi connectivity index (χ3v) is 8.71. The number of aromatic amines is 1. The quantitative estimate of drug-likeness (QED) is 0.133. The fourth-order valence-corrected chi connectivity index (χ4v) is 6.74. The Morgan fingerprint density at radius 2 is 1.91 bits per heavy atom. The van der Waals surface area contributed by atoms with Crippen LogP contribution in [0.3, 0.4) is 0 Å². The molecule has 3 heterocycles. The molecule has 0 spiro atoms. The van der Waals surface area contributed by atoms with E-state index in [0.29, 0.717) is 27.3 Å². The highest BCUT2D eigenvalue weighted by Gasteiger charge is 2.33. The lowest BCUT2D eigenvalue weighted by Crippen LogP contribution is -2.39. The Labute approximate surface area is 259 Å². The fourth-order valence-electron chi connectivity index (χ4n) is 4.77. The highest BCUT2D eigenvalue weighted by atomic mass is 32.2. The van der Waals surface area contributed by atoms with Crippen molar-refractivity contribution in [2.75, 3.05) is 25.6 Å². The number of thiazole rings is 1. The fraction of sp³-hybridized carbons (Fsp3) is 0.233. The van der Waals surface area contributed by atoms with Gasteiger partial charge in [-0.05, 0) is 67.9 Å². The van der Waals surface area contributed by atoms with Crippen LogP contribution in [0.4, 0.5) is 11.4 Å². The van der Waals surface area contributed by atoms with Gasteiger partial charge >= 0.3 is 5.97 Å². The minimum absolute atomic E-state index is 0.162. The number of allylic oxidation sites excluding steroid dienone is 1. The Kier molecular flexibility index (Phi) is 8.65. The number of benzene rings is 2. The van der Waals surface area contributed by atoms with Crippen LogP contribution in [0.2, 0.25) is 0 Å². The lowest BCUT2D eigenvalue weighted by atomic mass is 9.95. The second kappa shape index (κ2) is 12.4. The molecule has 2 aromatic heterocycles. The molecule has 2 aromatic carbocycles. The van der Waals surface area contributed by atoms with Gasteiger partial charge in [0.15, 0.2) is 9.96 Å². The molecule has 0 bridgehead atoms. The Bertz CT molecular complexity index is 2060. The predicted octanol–water partition coefficient (Wildman–Crippen LogP) is 3.32. The number of hydrogen-bond acceptors (Lipinski definition) is 11. The first-order chi connectivity index (χ1) is 21.0. The third-order valence-electron chi connectivity index (χ3n) is 6.77. The summed E-state index contributed by atoms with van der Waals surface area (Å²) in [5, 5.41) is 12.2. The van der Waals surface area contributed by atoms with Crippen LogP contribution in [0.25, 0.3) is 6.08 Å². The molecule has 1 atom stereocenters. The summed E-state index contributed by atoms with van der Waals surface area (Å²) >= 11 is 2.09. The molecule has 0 fully saturated rings. The standard InChI is InChI=1S/C30H28N6O6S2/c1-6-42-28(39)25-17(3)32-30-35(26(25)19-8-10-20(11-9-19)34(4)5)27(38)23(44-30)15-18-7-12-22(21(14-18)36(40)41)43-29-31-16(2)13-24(37)33-29/h7-15,26H,6H2,1-5H3,(H,31,33,37)/b23-15+/t26-/m0/s1. The van der Waals surface area contributed by atoms with Crippen molar-refractivity contribution in [1.82, 2.24) is 14.5 Å². The number of carbonyl (C=O) groups excluding carboxylic acids is 1. The van der Waals surface area contributed by atoms with Crippen LogP contribution in [0, 0.1) is 17.0 Å². The molecule has 12 nitrogen and oxygen atoms in total. The van der Waals surface area contributed by atoms with E-state index < -0.39 is 22.5 Å². The lowest BCUT2D eigenvalue weighted by molar-refractivity contribution is -0.387. The molecule has 5 rings (SSSR count). The molecule has 44 heavy (non-hydrogen) atoms. The second-order valence-corrected chi connectivity index (χ2v) is 12.1. The first kappa shape index (κ1) is 30.6. The summed E-state index contributed by atoms with van der Waals surface area (Å²) in [5.74, 6) is -0.558. The summed E-state index contributed by atoms with van der Waals surface area (Å²) in [5.41, 5.74) is 2.31. The number of anilines is 1. The van der Waals surface area contributed by atoms with Gasteiger partial charge in [0.1, 0.15) is 0 Å². The van der Waals surface area contributed by atoms with Gasteiger partial charge in [-0.3, -0.25) is 24.3 Å². The smallest absolute Gasteiger partial charge is 0.338 e. The van der Waals surface area contributed by atoms with Crippen LogP contribution in [-0.4, -0.2) is 46.1 Å². The molecule has 0 unspecified atom stereocenters. The minimum atomic E-state index is -0.777. The predicted molar refractivity (Wildman–Crippen MR) is 168 cm³/mol. The van der Waals surface area contributed by atoms with Gasteiger partial charge in [-0.15, -0.1) is 0 Å². The molecular formula is C30H28N6O6S2. The Hall–Kier alpha value is -4.82. The monoisotopic (exact) mass is 632 g/mol. The number of nitro groups is 1. The molecule has 4 aromatic rings. The molecule has 0 saturated heterocycles. The zero-order valence-electron chi connectivity index (χ0n) is 24.5. The number of ether oxygens (including phenoxy) is 1. The summed E-state index contributed by atoms with van der Waals surface area (Å²) < 4.78 is 7.11. The molecule has 226 valence electrons. The number of nitrogens with one attached hydrogen (secondary N) is 1. The Morgan fingerprint density at radius 1 is 1.18 bits per heavy atom. The van der Waals surface area contributed by atoms with Crippen LogP contribution in [0.5, 0.6) is 0 Å². The first-order valence-electron chi connectivity index (χ1n) is 13.5. The van der Waals surface area contributed by atoms with E-state index in [1.54, 1.807) is 39.0 Å².